The van der Waals surface area contributed by atoms with E-state index in [-0.39, 0.29) is 21.5 Å². The van der Waals surface area contributed by atoms with Gasteiger partial charge in [-0.1, -0.05) is 35.3 Å². The molecule has 0 atom stereocenters. The molecule has 2 aromatic rings. The number of sulfonamides is 1. The molecule has 26 heavy (non-hydrogen) atoms. The average molecular weight is 416 g/mol. The van der Waals surface area contributed by atoms with Crippen LogP contribution in [-0.2, 0) is 10.0 Å². The van der Waals surface area contributed by atoms with Gasteiger partial charge in [-0.2, -0.15) is 0 Å². The fraction of sp³-hybridized carbons (Fsp3) is 0.222. The molecule has 0 spiro atoms. The molecule has 0 heterocycles. The molecule has 8 heteroatoms. The summed E-state index contributed by atoms with van der Waals surface area (Å²) in [5.74, 6) is 0.859. The van der Waals surface area contributed by atoms with Crippen molar-refractivity contribution in [2.75, 3.05) is 24.6 Å². The number of methoxy groups -OCH3 is 1. The number of rotatable bonds is 8. The molecule has 0 bridgehead atoms. The summed E-state index contributed by atoms with van der Waals surface area (Å²) in [6, 6.07) is 9.61. The summed E-state index contributed by atoms with van der Waals surface area (Å²) in [6.07, 6.45) is 1.49. The van der Waals surface area contributed by atoms with E-state index in [1.807, 2.05) is 6.92 Å². The van der Waals surface area contributed by atoms with Gasteiger partial charge in [-0.3, -0.25) is 4.31 Å². The second-order valence-electron chi connectivity index (χ2n) is 5.15. The first kappa shape index (κ1) is 20.4. The van der Waals surface area contributed by atoms with Crippen molar-refractivity contribution < 1.29 is 17.9 Å². The fourth-order valence-corrected chi connectivity index (χ4v) is 4.59. The zero-order valence-electron chi connectivity index (χ0n) is 14.4. The van der Waals surface area contributed by atoms with Crippen molar-refractivity contribution in [3.8, 4) is 11.5 Å². The third kappa shape index (κ3) is 4.09. The van der Waals surface area contributed by atoms with Gasteiger partial charge in [0.25, 0.3) is 10.0 Å². The summed E-state index contributed by atoms with van der Waals surface area (Å²) in [4.78, 5) is -0.117. The predicted octanol–water partition coefficient (Wildman–Crippen LogP) is 4.78. The second-order valence-corrected chi connectivity index (χ2v) is 7.74. The van der Waals surface area contributed by atoms with Gasteiger partial charge in [0, 0.05) is 6.07 Å². The second kappa shape index (κ2) is 8.66. The zero-order valence-corrected chi connectivity index (χ0v) is 16.7. The topological polar surface area (TPSA) is 55.8 Å². The van der Waals surface area contributed by atoms with Gasteiger partial charge >= 0.3 is 0 Å². The summed E-state index contributed by atoms with van der Waals surface area (Å²) in [5.41, 5.74) is 0.429. The molecule has 0 saturated heterocycles. The molecule has 2 aromatic carbocycles. The van der Waals surface area contributed by atoms with Crippen LogP contribution in [0.1, 0.15) is 6.92 Å². The molecule has 0 aromatic heterocycles. The van der Waals surface area contributed by atoms with Crippen molar-refractivity contribution in [3.63, 3.8) is 0 Å². The first-order valence-electron chi connectivity index (χ1n) is 7.75. The Morgan fingerprint density at radius 1 is 1.19 bits per heavy atom. The molecule has 0 amide bonds. The van der Waals surface area contributed by atoms with Gasteiger partial charge < -0.3 is 9.47 Å². The van der Waals surface area contributed by atoms with E-state index < -0.39 is 10.0 Å². The minimum Gasteiger partial charge on any atom is -0.495 e. The number of hydrogen-bond donors (Lipinski definition) is 0. The standard InChI is InChI=1S/C18H19Cl2NO4S/c1-4-11-21(13-7-6-8-14(12-13)25-5-2)26(22,23)16-10-9-15(24-3)17(19)18(16)20/h4,6-10,12H,1,5,11H2,2-3H3. The summed E-state index contributed by atoms with van der Waals surface area (Å²) in [6.45, 7) is 6.02. The fourth-order valence-electron chi connectivity index (χ4n) is 2.34. The third-order valence-electron chi connectivity index (χ3n) is 3.51. The summed E-state index contributed by atoms with van der Waals surface area (Å²) in [7, 11) is -2.57. The molecule has 5 nitrogen and oxygen atoms in total. The Morgan fingerprint density at radius 2 is 1.92 bits per heavy atom. The van der Waals surface area contributed by atoms with E-state index in [0.29, 0.717) is 23.8 Å². The highest BCUT2D eigenvalue weighted by Gasteiger charge is 2.28. The van der Waals surface area contributed by atoms with Crippen molar-refractivity contribution in [1.82, 2.24) is 0 Å². The first-order chi connectivity index (χ1) is 12.4. The number of anilines is 1. The number of halogens is 2. The van der Waals surface area contributed by atoms with Crippen molar-refractivity contribution in [2.24, 2.45) is 0 Å². The molecule has 0 aliphatic heterocycles. The first-order valence-corrected chi connectivity index (χ1v) is 9.94. The normalized spacial score (nSPS) is 11.1. The molecule has 0 radical (unpaired) electrons. The Hall–Kier alpha value is -1.89. The Bertz CT molecular complexity index is 900. The minimum absolute atomic E-state index is 0.0388. The largest absolute Gasteiger partial charge is 0.495 e. The van der Waals surface area contributed by atoms with Gasteiger partial charge in [-0.05, 0) is 31.2 Å². The van der Waals surface area contributed by atoms with Crippen LogP contribution in [0.15, 0.2) is 53.9 Å². The molecular weight excluding hydrogens is 397 g/mol. The highest BCUT2D eigenvalue weighted by Crippen LogP contribution is 2.38. The van der Waals surface area contributed by atoms with Gasteiger partial charge in [0.2, 0.25) is 0 Å². The van der Waals surface area contributed by atoms with E-state index in [2.05, 4.69) is 6.58 Å². The number of ether oxygens (including phenoxy) is 2. The monoisotopic (exact) mass is 415 g/mol. The van der Waals surface area contributed by atoms with Gasteiger partial charge in [0.05, 0.1) is 31.0 Å². The van der Waals surface area contributed by atoms with Gasteiger partial charge in [-0.15, -0.1) is 6.58 Å². The number of hydrogen-bond acceptors (Lipinski definition) is 4. The van der Waals surface area contributed by atoms with Crippen LogP contribution in [0.5, 0.6) is 11.5 Å². The van der Waals surface area contributed by atoms with Crippen molar-refractivity contribution in [1.29, 1.82) is 0 Å². The molecule has 0 aliphatic rings. The lowest BCUT2D eigenvalue weighted by atomic mass is 10.3. The van der Waals surface area contributed by atoms with E-state index in [1.54, 1.807) is 24.3 Å². The maximum Gasteiger partial charge on any atom is 0.266 e. The molecular formula is C18H19Cl2NO4S. The molecule has 2 rings (SSSR count). The van der Waals surface area contributed by atoms with Crippen molar-refractivity contribution in [2.45, 2.75) is 11.8 Å². The molecule has 0 saturated carbocycles. The van der Waals surface area contributed by atoms with Crippen LogP contribution >= 0.6 is 23.2 Å². The minimum atomic E-state index is -3.99. The lowest BCUT2D eigenvalue weighted by Crippen LogP contribution is -2.31. The smallest absolute Gasteiger partial charge is 0.266 e. The molecule has 0 fully saturated rings. The van der Waals surface area contributed by atoms with Crippen LogP contribution in [0, 0.1) is 0 Å². The van der Waals surface area contributed by atoms with Crippen LogP contribution < -0.4 is 13.8 Å². The average Bonchev–Trinajstić information content (AvgIpc) is 2.62. The van der Waals surface area contributed by atoms with Crippen LogP contribution in [0.3, 0.4) is 0 Å². The zero-order chi connectivity index (χ0) is 19.3. The van der Waals surface area contributed by atoms with Crippen molar-refractivity contribution in [3.05, 3.63) is 59.1 Å². The lowest BCUT2D eigenvalue weighted by molar-refractivity contribution is 0.340. The summed E-state index contributed by atoms with van der Waals surface area (Å²) in [5, 5.41) is -0.0575. The Kier molecular flexibility index (Phi) is 6.81. The van der Waals surface area contributed by atoms with E-state index in [9.17, 15) is 8.42 Å². The highest BCUT2D eigenvalue weighted by molar-refractivity contribution is 7.93. The summed E-state index contributed by atoms with van der Waals surface area (Å²) >= 11 is 12.3. The van der Waals surface area contributed by atoms with E-state index in [0.717, 1.165) is 0 Å². The lowest BCUT2D eigenvalue weighted by Gasteiger charge is -2.24. The molecule has 0 N–H and O–H groups in total. The number of benzene rings is 2. The third-order valence-corrected chi connectivity index (χ3v) is 6.32. The molecule has 140 valence electrons. The van der Waals surface area contributed by atoms with Crippen LogP contribution in [0.4, 0.5) is 5.69 Å². The maximum atomic E-state index is 13.2. The van der Waals surface area contributed by atoms with E-state index in [4.69, 9.17) is 32.7 Å². The van der Waals surface area contributed by atoms with Gasteiger partial charge in [0.15, 0.2) is 0 Å². The van der Waals surface area contributed by atoms with E-state index >= 15 is 0 Å². The van der Waals surface area contributed by atoms with Crippen LogP contribution in [0.25, 0.3) is 0 Å². The van der Waals surface area contributed by atoms with Crippen molar-refractivity contribution >= 4 is 38.9 Å². The summed E-state index contributed by atoms with van der Waals surface area (Å²) < 4.78 is 38.1. The van der Waals surface area contributed by atoms with Crippen LogP contribution in [0.2, 0.25) is 10.0 Å². The SMILES string of the molecule is C=CCN(c1cccc(OCC)c1)S(=O)(=O)c1ccc(OC)c(Cl)c1Cl. The molecule has 0 unspecified atom stereocenters. The van der Waals surface area contributed by atoms with Gasteiger partial charge in [-0.25, -0.2) is 8.42 Å². The van der Waals surface area contributed by atoms with E-state index in [1.165, 1.54) is 29.6 Å². The Labute approximate surface area is 163 Å². The maximum absolute atomic E-state index is 13.2. The Morgan fingerprint density at radius 3 is 2.54 bits per heavy atom. The number of nitrogens with zero attached hydrogens (tertiary/aromatic N) is 1. The Balaban J connectivity index is 2.57. The highest BCUT2D eigenvalue weighted by atomic mass is 35.5. The molecule has 0 aliphatic carbocycles. The van der Waals surface area contributed by atoms with Gasteiger partial charge in [0.1, 0.15) is 21.4 Å². The van der Waals surface area contributed by atoms with Crippen LogP contribution in [-0.4, -0.2) is 28.7 Å². The quantitative estimate of drug-likeness (QED) is 0.581. The predicted molar refractivity (Wildman–Crippen MR) is 105 cm³/mol.